The van der Waals surface area contributed by atoms with Crippen molar-refractivity contribution in [3.63, 3.8) is 0 Å². The molecule has 3 rings (SSSR count). The third kappa shape index (κ3) is 2.73. The van der Waals surface area contributed by atoms with Crippen molar-refractivity contribution >= 4 is 15.9 Å². The maximum atomic E-state index is 5.46. The second-order valence-corrected chi connectivity index (χ2v) is 6.41. The van der Waals surface area contributed by atoms with E-state index in [4.69, 9.17) is 9.84 Å². The first-order chi connectivity index (χ1) is 9.27. The standard InChI is InChI=1S/C14H22BrN3O/c1-18-14(11-2-6-16-7-3-11)12(15)13(17-18)10-4-8-19-9-5-10/h10-11,16H,2-9H2,1H3. The summed E-state index contributed by atoms with van der Waals surface area (Å²) < 4.78 is 8.82. The molecule has 4 nitrogen and oxygen atoms in total. The minimum atomic E-state index is 0.560. The topological polar surface area (TPSA) is 39.1 Å². The number of aryl methyl sites for hydroxylation is 1. The lowest BCUT2D eigenvalue weighted by molar-refractivity contribution is 0.0842. The van der Waals surface area contributed by atoms with E-state index in [1.165, 1.54) is 28.7 Å². The molecule has 0 saturated carbocycles. The van der Waals surface area contributed by atoms with Gasteiger partial charge in [0.2, 0.25) is 0 Å². The van der Waals surface area contributed by atoms with Crippen LogP contribution >= 0.6 is 15.9 Å². The second-order valence-electron chi connectivity index (χ2n) is 5.62. The molecule has 0 amide bonds. The number of piperidine rings is 1. The molecule has 2 aliphatic rings. The van der Waals surface area contributed by atoms with Crippen molar-refractivity contribution in [3.05, 3.63) is 15.9 Å². The van der Waals surface area contributed by atoms with E-state index in [9.17, 15) is 0 Å². The van der Waals surface area contributed by atoms with Gasteiger partial charge in [-0.25, -0.2) is 0 Å². The highest BCUT2D eigenvalue weighted by atomic mass is 79.9. The highest BCUT2D eigenvalue weighted by Crippen LogP contribution is 2.38. The molecule has 106 valence electrons. The highest BCUT2D eigenvalue weighted by molar-refractivity contribution is 9.10. The van der Waals surface area contributed by atoms with Crippen LogP contribution in [0.2, 0.25) is 0 Å². The van der Waals surface area contributed by atoms with Crippen molar-refractivity contribution < 1.29 is 4.74 Å². The molecule has 2 fully saturated rings. The largest absolute Gasteiger partial charge is 0.381 e. The molecule has 0 unspecified atom stereocenters. The van der Waals surface area contributed by atoms with Crippen LogP contribution in [-0.4, -0.2) is 36.1 Å². The van der Waals surface area contributed by atoms with Gasteiger partial charge in [-0.1, -0.05) is 0 Å². The van der Waals surface area contributed by atoms with Gasteiger partial charge in [-0.15, -0.1) is 0 Å². The zero-order chi connectivity index (χ0) is 13.2. The Morgan fingerprint density at radius 1 is 1.16 bits per heavy atom. The van der Waals surface area contributed by atoms with E-state index < -0.39 is 0 Å². The fraction of sp³-hybridized carbons (Fsp3) is 0.786. The Hall–Kier alpha value is -0.390. The first-order valence-corrected chi connectivity index (χ1v) is 8.07. The predicted octanol–water partition coefficient (Wildman–Crippen LogP) is 2.54. The van der Waals surface area contributed by atoms with Crippen LogP contribution in [0.1, 0.15) is 48.9 Å². The van der Waals surface area contributed by atoms with E-state index >= 15 is 0 Å². The molecule has 0 radical (unpaired) electrons. The van der Waals surface area contributed by atoms with Crippen LogP contribution in [0.25, 0.3) is 0 Å². The van der Waals surface area contributed by atoms with Crippen molar-refractivity contribution in [3.8, 4) is 0 Å². The van der Waals surface area contributed by atoms with Gasteiger partial charge in [0, 0.05) is 32.1 Å². The van der Waals surface area contributed by atoms with E-state index in [2.05, 4.69) is 33.0 Å². The lowest BCUT2D eigenvalue weighted by atomic mass is 9.92. The highest BCUT2D eigenvalue weighted by Gasteiger charge is 2.28. The van der Waals surface area contributed by atoms with Gasteiger partial charge in [0.1, 0.15) is 0 Å². The normalized spacial score (nSPS) is 22.8. The number of hydrogen-bond donors (Lipinski definition) is 1. The van der Waals surface area contributed by atoms with Crippen LogP contribution in [0, 0.1) is 0 Å². The van der Waals surface area contributed by atoms with Gasteiger partial charge < -0.3 is 10.1 Å². The van der Waals surface area contributed by atoms with Crippen LogP contribution in [0.15, 0.2) is 4.47 Å². The monoisotopic (exact) mass is 327 g/mol. The summed E-state index contributed by atoms with van der Waals surface area (Å²) in [6.45, 7) is 3.98. The fourth-order valence-corrected chi connectivity index (χ4v) is 4.29. The Morgan fingerprint density at radius 2 is 1.84 bits per heavy atom. The number of halogens is 1. The van der Waals surface area contributed by atoms with Gasteiger partial charge in [-0.3, -0.25) is 4.68 Å². The summed E-state index contributed by atoms with van der Waals surface area (Å²) in [6, 6.07) is 0. The van der Waals surface area contributed by atoms with Crippen molar-refractivity contribution in [1.29, 1.82) is 0 Å². The smallest absolute Gasteiger partial charge is 0.0802 e. The number of hydrogen-bond acceptors (Lipinski definition) is 3. The molecule has 0 spiro atoms. The van der Waals surface area contributed by atoms with Crippen LogP contribution in [0.5, 0.6) is 0 Å². The molecule has 19 heavy (non-hydrogen) atoms. The fourth-order valence-electron chi connectivity index (χ4n) is 3.30. The molecular weight excluding hydrogens is 306 g/mol. The lowest BCUT2D eigenvalue weighted by Crippen LogP contribution is -2.27. The zero-order valence-corrected chi connectivity index (χ0v) is 13.1. The van der Waals surface area contributed by atoms with Crippen molar-refractivity contribution in [2.24, 2.45) is 7.05 Å². The second kappa shape index (κ2) is 5.94. The maximum absolute atomic E-state index is 5.46. The molecular formula is C14H22BrN3O. The van der Waals surface area contributed by atoms with Gasteiger partial charge in [-0.05, 0) is 54.7 Å². The third-order valence-corrected chi connectivity index (χ3v) is 5.20. The average molecular weight is 328 g/mol. The molecule has 1 N–H and O–H groups in total. The van der Waals surface area contributed by atoms with Crippen LogP contribution < -0.4 is 5.32 Å². The van der Waals surface area contributed by atoms with Gasteiger partial charge in [0.15, 0.2) is 0 Å². The molecule has 0 aliphatic carbocycles. The molecule has 1 aromatic heterocycles. The predicted molar refractivity (Wildman–Crippen MR) is 78.5 cm³/mol. The molecule has 3 heterocycles. The summed E-state index contributed by atoms with van der Waals surface area (Å²) in [6.07, 6.45) is 4.62. The summed E-state index contributed by atoms with van der Waals surface area (Å²) in [5, 5.41) is 8.23. The van der Waals surface area contributed by atoms with Gasteiger partial charge in [0.25, 0.3) is 0 Å². The molecule has 2 aliphatic heterocycles. The number of nitrogens with one attached hydrogen (secondary N) is 1. The molecule has 5 heteroatoms. The summed E-state index contributed by atoms with van der Waals surface area (Å²) in [7, 11) is 2.09. The first-order valence-electron chi connectivity index (χ1n) is 7.28. The van der Waals surface area contributed by atoms with Crippen molar-refractivity contribution in [1.82, 2.24) is 15.1 Å². The number of rotatable bonds is 2. The van der Waals surface area contributed by atoms with E-state index in [1.54, 1.807) is 0 Å². The van der Waals surface area contributed by atoms with E-state index in [0.717, 1.165) is 39.1 Å². The average Bonchev–Trinajstić information content (AvgIpc) is 2.76. The summed E-state index contributed by atoms with van der Waals surface area (Å²) in [5.41, 5.74) is 2.64. The summed E-state index contributed by atoms with van der Waals surface area (Å²) in [5.74, 6) is 1.20. The maximum Gasteiger partial charge on any atom is 0.0802 e. The van der Waals surface area contributed by atoms with E-state index in [0.29, 0.717) is 11.8 Å². The zero-order valence-electron chi connectivity index (χ0n) is 11.5. The summed E-state index contributed by atoms with van der Waals surface area (Å²) >= 11 is 3.83. The van der Waals surface area contributed by atoms with Gasteiger partial charge in [0.05, 0.1) is 15.9 Å². The third-order valence-electron chi connectivity index (χ3n) is 4.39. The number of aromatic nitrogens is 2. The Labute approximate surface area is 123 Å². The lowest BCUT2D eigenvalue weighted by Gasteiger charge is -2.23. The van der Waals surface area contributed by atoms with Crippen LogP contribution in [-0.2, 0) is 11.8 Å². The minimum Gasteiger partial charge on any atom is -0.381 e. The first kappa shape index (κ1) is 13.6. The van der Waals surface area contributed by atoms with Gasteiger partial charge in [-0.2, -0.15) is 5.10 Å². The Balaban J connectivity index is 1.86. The van der Waals surface area contributed by atoms with E-state index in [-0.39, 0.29) is 0 Å². The number of ether oxygens (including phenoxy) is 1. The van der Waals surface area contributed by atoms with Crippen LogP contribution in [0.3, 0.4) is 0 Å². The minimum absolute atomic E-state index is 0.560. The molecule has 2 saturated heterocycles. The molecule has 1 aromatic rings. The molecule has 0 aromatic carbocycles. The SMILES string of the molecule is Cn1nc(C2CCOCC2)c(Br)c1C1CCNCC1. The van der Waals surface area contributed by atoms with Crippen LogP contribution in [0.4, 0.5) is 0 Å². The Morgan fingerprint density at radius 3 is 2.53 bits per heavy atom. The van der Waals surface area contributed by atoms with Crippen molar-refractivity contribution in [2.45, 2.75) is 37.5 Å². The van der Waals surface area contributed by atoms with E-state index in [1.807, 2.05) is 0 Å². The quantitative estimate of drug-likeness (QED) is 0.907. The molecule has 0 bridgehead atoms. The Kier molecular flexibility index (Phi) is 4.24. The van der Waals surface area contributed by atoms with Crippen molar-refractivity contribution in [2.75, 3.05) is 26.3 Å². The number of nitrogens with zero attached hydrogens (tertiary/aromatic N) is 2. The molecule has 0 atom stereocenters. The van der Waals surface area contributed by atoms with Gasteiger partial charge >= 0.3 is 0 Å². The Bertz CT molecular complexity index is 434. The summed E-state index contributed by atoms with van der Waals surface area (Å²) in [4.78, 5) is 0.